The molecule has 4 N–H and O–H groups in total. The standard InChI is InChI=1S/C11H17N5O/c12-11-14-9(13-7-1-2-7)5-10(15-11)16-4-3-8(17)6-16/h5,7-8,17H,1-4,6H2,(H3,12,13,14,15)/t8-/m1/s1. The minimum atomic E-state index is -0.258. The number of hydrogen-bond donors (Lipinski definition) is 3. The van der Waals surface area contributed by atoms with E-state index in [2.05, 4.69) is 15.3 Å². The lowest BCUT2D eigenvalue weighted by Gasteiger charge is -2.17. The number of β-amino-alcohol motifs (C(OH)–C–C–N with tert-alkyl or cyclic N) is 1. The van der Waals surface area contributed by atoms with E-state index in [-0.39, 0.29) is 12.1 Å². The van der Waals surface area contributed by atoms with Crippen LogP contribution in [0.2, 0.25) is 0 Å². The number of aliphatic hydroxyl groups is 1. The first-order chi connectivity index (χ1) is 8.20. The van der Waals surface area contributed by atoms with Crippen molar-refractivity contribution in [3.63, 3.8) is 0 Å². The number of nitrogen functional groups attached to an aromatic ring is 1. The third-order valence-corrected chi connectivity index (χ3v) is 3.15. The zero-order valence-electron chi connectivity index (χ0n) is 9.63. The molecule has 2 heterocycles. The smallest absolute Gasteiger partial charge is 0.223 e. The van der Waals surface area contributed by atoms with Gasteiger partial charge in [0.15, 0.2) is 0 Å². The van der Waals surface area contributed by atoms with E-state index in [4.69, 9.17) is 5.73 Å². The molecule has 1 atom stereocenters. The van der Waals surface area contributed by atoms with Crippen molar-refractivity contribution in [2.75, 3.05) is 29.0 Å². The largest absolute Gasteiger partial charge is 0.391 e. The zero-order chi connectivity index (χ0) is 11.8. The zero-order valence-corrected chi connectivity index (χ0v) is 9.63. The minimum absolute atomic E-state index is 0.258. The van der Waals surface area contributed by atoms with E-state index in [1.807, 2.05) is 11.0 Å². The van der Waals surface area contributed by atoms with Gasteiger partial charge in [0, 0.05) is 25.2 Å². The van der Waals surface area contributed by atoms with Crippen molar-refractivity contribution in [2.24, 2.45) is 0 Å². The van der Waals surface area contributed by atoms with Crippen molar-refractivity contribution in [2.45, 2.75) is 31.4 Å². The average molecular weight is 235 g/mol. The summed E-state index contributed by atoms with van der Waals surface area (Å²) < 4.78 is 0. The van der Waals surface area contributed by atoms with Crippen LogP contribution < -0.4 is 16.0 Å². The highest BCUT2D eigenvalue weighted by Gasteiger charge is 2.24. The van der Waals surface area contributed by atoms with E-state index in [1.165, 1.54) is 12.8 Å². The fraction of sp³-hybridized carbons (Fsp3) is 0.636. The van der Waals surface area contributed by atoms with Gasteiger partial charge in [-0.05, 0) is 19.3 Å². The first-order valence-corrected chi connectivity index (χ1v) is 6.05. The lowest BCUT2D eigenvalue weighted by Crippen LogP contribution is -2.23. The van der Waals surface area contributed by atoms with Crippen molar-refractivity contribution in [1.82, 2.24) is 9.97 Å². The maximum absolute atomic E-state index is 9.52. The first-order valence-electron chi connectivity index (χ1n) is 6.05. The summed E-state index contributed by atoms with van der Waals surface area (Å²) in [6.07, 6.45) is 2.92. The van der Waals surface area contributed by atoms with E-state index >= 15 is 0 Å². The lowest BCUT2D eigenvalue weighted by atomic mass is 10.3. The molecule has 92 valence electrons. The van der Waals surface area contributed by atoms with Gasteiger partial charge in [0.05, 0.1) is 6.10 Å². The van der Waals surface area contributed by atoms with Crippen molar-refractivity contribution in [3.05, 3.63) is 6.07 Å². The molecule has 6 nitrogen and oxygen atoms in total. The van der Waals surface area contributed by atoms with Gasteiger partial charge in [-0.15, -0.1) is 0 Å². The Morgan fingerprint density at radius 3 is 2.82 bits per heavy atom. The summed E-state index contributed by atoms with van der Waals surface area (Å²) in [7, 11) is 0. The van der Waals surface area contributed by atoms with Crippen LogP contribution in [-0.2, 0) is 0 Å². The van der Waals surface area contributed by atoms with Gasteiger partial charge in [-0.1, -0.05) is 0 Å². The Kier molecular flexibility index (Phi) is 2.51. The second-order valence-corrected chi connectivity index (χ2v) is 4.78. The summed E-state index contributed by atoms with van der Waals surface area (Å²) in [6.45, 7) is 1.44. The van der Waals surface area contributed by atoms with Gasteiger partial charge in [0.2, 0.25) is 5.95 Å². The van der Waals surface area contributed by atoms with Crippen LogP contribution in [0.5, 0.6) is 0 Å². The molecular formula is C11H17N5O. The number of aliphatic hydroxyl groups excluding tert-OH is 1. The topological polar surface area (TPSA) is 87.3 Å². The molecule has 1 aliphatic carbocycles. The number of nitrogens with two attached hydrogens (primary N) is 1. The van der Waals surface area contributed by atoms with E-state index in [0.29, 0.717) is 12.6 Å². The van der Waals surface area contributed by atoms with Crippen molar-refractivity contribution in [1.29, 1.82) is 0 Å². The molecule has 0 unspecified atom stereocenters. The third-order valence-electron chi connectivity index (χ3n) is 3.15. The maximum Gasteiger partial charge on any atom is 0.223 e. The van der Waals surface area contributed by atoms with Gasteiger partial charge in [0.25, 0.3) is 0 Å². The molecule has 2 aliphatic rings. The molecule has 0 bridgehead atoms. The minimum Gasteiger partial charge on any atom is -0.391 e. The average Bonchev–Trinajstić information content (AvgIpc) is 2.97. The van der Waals surface area contributed by atoms with E-state index in [0.717, 1.165) is 24.6 Å². The normalized spacial score (nSPS) is 24.1. The highest BCUT2D eigenvalue weighted by Crippen LogP contribution is 2.26. The van der Waals surface area contributed by atoms with Crippen molar-refractivity contribution < 1.29 is 5.11 Å². The van der Waals surface area contributed by atoms with Crippen molar-refractivity contribution in [3.8, 4) is 0 Å². The van der Waals surface area contributed by atoms with Crippen LogP contribution in [-0.4, -0.2) is 40.3 Å². The number of hydrogen-bond acceptors (Lipinski definition) is 6. The monoisotopic (exact) mass is 235 g/mol. The molecule has 17 heavy (non-hydrogen) atoms. The fourth-order valence-corrected chi connectivity index (χ4v) is 2.08. The van der Waals surface area contributed by atoms with E-state index in [9.17, 15) is 5.11 Å². The van der Waals surface area contributed by atoms with Crippen LogP contribution in [0.4, 0.5) is 17.6 Å². The van der Waals surface area contributed by atoms with Gasteiger partial charge < -0.3 is 21.1 Å². The van der Waals surface area contributed by atoms with Gasteiger partial charge in [-0.25, -0.2) is 0 Å². The van der Waals surface area contributed by atoms with E-state index in [1.54, 1.807) is 0 Å². The maximum atomic E-state index is 9.52. The Morgan fingerprint density at radius 2 is 2.18 bits per heavy atom. The predicted octanol–water partition coefficient (Wildman–Crippen LogP) is 0.204. The molecule has 1 aliphatic heterocycles. The van der Waals surface area contributed by atoms with Gasteiger partial charge >= 0.3 is 0 Å². The van der Waals surface area contributed by atoms with Gasteiger partial charge in [-0.2, -0.15) is 9.97 Å². The van der Waals surface area contributed by atoms with Gasteiger partial charge in [0.1, 0.15) is 11.6 Å². The summed E-state index contributed by atoms with van der Waals surface area (Å²) >= 11 is 0. The highest BCUT2D eigenvalue weighted by molar-refractivity contribution is 5.54. The summed E-state index contributed by atoms with van der Waals surface area (Å²) in [5.41, 5.74) is 5.71. The molecule has 1 aromatic heterocycles. The van der Waals surface area contributed by atoms with Crippen LogP contribution in [0.3, 0.4) is 0 Å². The number of nitrogens with one attached hydrogen (secondary N) is 1. The molecule has 0 aromatic carbocycles. The number of aromatic nitrogens is 2. The number of rotatable bonds is 3. The van der Waals surface area contributed by atoms with Crippen LogP contribution in [0.25, 0.3) is 0 Å². The van der Waals surface area contributed by atoms with E-state index < -0.39 is 0 Å². The Morgan fingerprint density at radius 1 is 1.35 bits per heavy atom. The molecular weight excluding hydrogens is 218 g/mol. The summed E-state index contributed by atoms with van der Waals surface area (Å²) in [4.78, 5) is 10.4. The fourth-order valence-electron chi connectivity index (χ4n) is 2.08. The summed E-state index contributed by atoms with van der Waals surface area (Å²) in [6, 6.07) is 2.45. The first kappa shape index (κ1) is 10.6. The highest BCUT2D eigenvalue weighted by atomic mass is 16.3. The van der Waals surface area contributed by atoms with Gasteiger partial charge in [-0.3, -0.25) is 0 Å². The molecule has 1 saturated heterocycles. The van der Waals surface area contributed by atoms with Crippen molar-refractivity contribution >= 4 is 17.6 Å². The third kappa shape index (κ3) is 2.41. The Bertz CT molecular complexity index is 420. The summed E-state index contributed by atoms with van der Waals surface area (Å²) in [5, 5.41) is 12.8. The Labute approximate surface area is 99.9 Å². The molecule has 6 heteroatoms. The molecule has 0 amide bonds. The summed E-state index contributed by atoms with van der Waals surface area (Å²) in [5.74, 6) is 1.88. The Hall–Kier alpha value is -1.56. The molecule has 1 aromatic rings. The lowest BCUT2D eigenvalue weighted by molar-refractivity contribution is 0.198. The quantitative estimate of drug-likeness (QED) is 0.694. The number of anilines is 3. The molecule has 2 fully saturated rings. The van der Waals surface area contributed by atoms with Crippen LogP contribution >= 0.6 is 0 Å². The predicted molar refractivity (Wildman–Crippen MR) is 65.9 cm³/mol. The SMILES string of the molecule is Nc1nc(NC2CC2)cc(N2CC[C@@H](O)C2)n1. The second kappa shape index (κ2) is 4.03. The molecule has 0 radical (unpaired) electrons. The molecule has 3 rings (SSSR count). The second-order valence-electron chi connectivity index (χ2n) is 4.78. The van der Waals surface area contributed by atoms with Crippen LogP contribution in [0, 0.1) is 0 Å². The van der Waals surface area contributed by atoms with Crippen LogP contribution in [0.15, 0.2) is 6.07 Å². The van der Waals surface area contributed by atoms with Crippen LogP contribution in [0.1, 0.15) is 19.3 Å². The molecule has 1 saturated carbocycles. The molecule has 0 spiro atoms. The Balaban J connectivity index is 1.80. The number of nitrogens with zero attached hydrogens (tertiary/aromatic N) is 3.